The van der Waals surface area contributed by atoms with Crippen molar-refractivity contribution in [3.63, 3.8) is 0 Å². The van der Waals surface area contributed by atoms with Crippen molar-refractivity contribution in [2.75, 3.05) is 5.73 Å². The highest BCUT2D eigenvalue weighted by molar-refractivity contribution is 9.10. The van der Waals surface area contributed by atoms with Crippen molar-refractivity contribution < 1.29 is 0 Å². The Hall–Kier alpha value is -1.29. The molecule has 18 heavy (non-hydrogen) atoms. The Bertz CT molecular complexity index is 532. The van der Waals surface area contributed by atoms with E-state index in [1.165, 1.54) is 0 Å². The van der Waals surface area contributed by atoms with Crippen molar-refractivity contribution in [3.05, 3.63) is 34.8 Å². The van der Waals surface area contributed by atoms with Gasteiger partial charge in [0, 0.05) is 22.6 Å². The molecule has 4 heteroatoms. The maximum atomic E-state index is 6.00. The summed E-state index contributed by atoms with van der Waals surface area (Å²) in [5.74, 6) is 1.38. The standard InChI is InChI=1S/C14H18BrN3/c1-10(2)7-8-18-14(16)9-13(17-18)11-5-3-4-6-12(11)15/h3-6,9-10H,7-8,16H2,1-2H3. The second-order valence-electron chi connectivity index (χ2n) is 4.84. The van der Waals surface area contributed by atoms with E-state index in [4.69, 9.17) is 5.73 Å². The van der Waals surface area contributed by atoms with Crippen molar-refractivity contribution in [2.45, 2.75) is 26.8 Å². The third kappa shape index (κ3) is 2.93. The van der Waals surface area contributed by atoms with Crippen LogP contribution in [-0.4, -0.2) is 9.78 Å². The highest BCUT2D eigenvalue weighted by atomic mass is 79.9. The Labute approximate surface area is 116 Å². The van der Waals surface area contributed by atoms with Gasteiger partial charge >= 0.3 is 0 Å². The minimum absolute atomic E-state index is 0.653. The fourth-order valence-electron chi connectivity index (χ4n) is 1.79. The minimum atomic E-state index is 0.653. The summed E-state index contributed by atoms with van der Waals surface area (Å²) in [4.78, 5) is 0. The Kier molecular flexibility index (Phi) is 4.07. The lowest BCUT2D eigenvalue weighted by atomic mass is 10.1. The minimum Gasteiger partial charge on any atom is -0.384 e. The van der Waals surface area contributed by atoms with Crippen LogP contribution in [0.1, 0.15) is 20.3 Å². The quantitative estimate of drug-likeness (QED) is 0.929. The number of anilines is 1. The van der Waals surface area contributed by atoms with E-state index >= 15 is 0 Å². The Morgan fingerprint density at radius 3 is 2.72 bits per heavy atom. The van der Waals surface area contributed by atoms with E-state index in [1.807, 2.05) is 35.0 Å². The first-order chi connectivity index (χ1) is 8.58. The molecule has 0 atom stereocenters. The predicted molar refractivity (Wildman–Crippen MR) is 79.2 cm³/mol. The maximum absolute atomic E-state index is 6.00. The van der Waals surface area contributed by atoms with Gasteiger partial charge in [-0.2, -0.15) is 5.10 Å². The van der Waals surface area contributed by atoms with Crippen LogP contribution in [0.3, 0.4) is 0 Å². The van der Waals surface area contributed by atoms with Crippen LogP contribution in [0.25, 0.3) is 11.3 Å². The first-order valence-corrected chi connectivity index (χ1v) is 6.95. The number of hydrogen-bond acceptors (Lipinski definition) is 2. The monoisotopic (exact) mass is 307 g/mol. The number of nitrogens with two attached hydrogens (primary N) is 1. The van der Waals surface area contributed by atoms with Crippen molar-refractivity contribution in [2.24, 2.45) is 5.92 Å². The SMILES string of the molecule is CC(C)CCn1nc(-c2ccccc2Br)cc1N. The lowest BCUT2D eigenvalue weighted by Crippen LogP contribution is -2.06. The summed E-state index contributed by atoms with van der Waals surface area (Å²) in [5.41, 5.74) is 8.00. The molecule has 0 aliphatic carbocycles. The normalized spacial score (nSPS) is 11.1. The largest absolute Gasteiger partial charge is 0.384 e. The van der Waals surface area contributed by atoms with Crippen molar-refractivity contribution in [1.82, 2.24) is 9.78 Å². The summed E-state index contributed by atoms with van der Waals surface area (Å²) in [6.07, 6.45) is 1.08. The summed E-state index contributed by atoms with van der Waals surface area (Å²) in [6.45, 7) is 5.27. The molecule has 0 aliphatic rings. The molecule has 0 radical (unpaired) electrons. The van der Waals surface area contributed by atoms with Gasteiger partial charge in [-0.05, 0) is 18.4 Å². The second-order valence-corrected chi connectivity index (χ2v) is 5.69. The number of benzene rings is 1. The molecule has 1 aromatic heterocycles. The zero-order chi connectivity index (χ0) is 13.1. The average Bonchev–Trinajstić information content (AvgIpc) is 2.68. The fourth-order valence-corrected chi connectivity index (χ4v) is 2.28. The lowest BCUT2D eigenvalue weighted by molar-refractivity contribution is 0.492. The van der Waals surface area contributed by atoms with Crippen LogP contribution in [0, 0.1) is 5.92 Å². The molecule has 0 saturated heterocycles. The molecule has 0 fully saturated rings. The topological polar surface area (TPSA) is 43.8 Å². The van der Waals surface area contributed by atoms with E-state index in [9.17, 15) is 0 Å². The van der Waals surface area contributed by atoms with Gasteiger partial charge in [0.25, 0.3) is 0 Å². The lowest BCUT2D eigenvalue weighted by Gasteiger charge is -2.06. The van der Waals surface area contributed by atoms with Crippen LogP contribution in [-0.2, 0) is 6.54 Å². The first kappa shape index (κ1) is 13.1. The number of aryl methyl sites for hydroxylation is 1. The third-order valence-electron chi connectivity index (χ3n) is 2.88. The molecule has 2 N–H and O–H groups in total. The van der Waals surface area contributed by atoms with E-state index in [0.29, 0.717) is 5.92 Å². The summed E-state index contributed by atoms with van der Waals surface area (Å²) in [6, 6.07) is 9.98. The van der Waals surface area contributed by atoms with Crippen LogP contribution >= 0.6 is 15.9 Å². The molecule has 0 aliphatic heterocycles. The molecule has 1 heterocycles. The molecule has 0 bridgehead atoms. The average molecular weight is 308 g/mol. The van der Waals surface area contributed by atoms with Crippen LogP contribution in [0.2, 0.25) is 0 Å². The van der Waals surface area contributed by atoms with Gasteiger partial charge in [-0.1, -0.05) is 48.0 Å². The second kappa shape index (κ2) is 5.57. The zero-order valence-electron chi connectivity index (χ0n) is 10.7. The van der Waals surface area contributed by atoms with Gasteiger partial charge in [0.1, 0.15) is 5.82 Å². The Balaban J connectivity index is 2.26. The number of halogens is 1. The van der Waals surface area contributed by atoms with Gasteiger partial charge < -0.3 is 5.73 Å². The maximum Gasteiger partial charge on any atom is 0.122 e. The van der Waals surface area contributed by atoms with Crippen LogP contribution in [0.5, 0.6) is 0 Å². The van der Waals surface area contributed by atoms with Gasteiger partial charge in [0.2, 0.25) is 0 Å². The summed E-state index contributed by atoms with van der Waals surface area (Å²) < 4.78 is 2.92. The summed E-state index contributed by atoms with van der Waals surface area (Å²) >= 11 is 3.54. The number of hydrogen-bond donors (Lipinski definition) is 1. The molecule has 0 unspecified atom stereocenters. The molecule has 2 aromatic rings. The smallest absolute Gasteiger partial charge is 0.122 e. The number of nitrogen functional groups attached to an aromatic ring is 1. The van der Waals surface area contributed by atoms with Crippen LogP contribution < -0.4 is 5.73 Å². The molecular formula is C14H18BrN3. The Morgan fingerprint density at radius 1 is 1.33 bits per heavy atom. The molecule has 3 nitrogen and oxygen atoms in total. The highest BCUT2D eigenvalue weighted by Gasteiger charge is 2.09. The van der Waals surface area contributed by atoms with Crippen molar-refractivity contribution >= 4 is 21.7 Å². The van der Waals surface area contributed by atoms with E-state index in [2.05, 4.69) is 34.9 Å². The number of nitrogens with zero attached hydrogens (tertiary/aromatic N) is 2. The van der Waals surface area contributed by atoms with Gasteiger partial charge in [0.05, 0.1) is 5.69 Å². The van der Waals surface area contributed by atoms with Gasteiger partial charge in [-0.25, -0.2) is 4.68 Å². The third-order valence-corrected chi connectivity index (χ3v) is 3.57. The van der Waals surface area contributed by atoms with E-state index < -0.39 is 0 Å². The molecule has 2 rings (SSSR count). The van der Waals surface area contributed by atoms with Gasteiger partial charge in [0.15, 0.2) is 0 Å². The molecule has 0 amide bonds. The number of aromatic nitrogens is 2. The molecule has 0 spiro atoms. The molecule has 96 valence electrons. The van der Waals surface area contributed by atoms with Gasteiger partial charge in [-0.15, -0.1) is 0 Å². The Morgan fingerprint density at radius 2 is 2.06 bits per heavy atom. The fraction of sp³-hybridized carbons (Fsp3) is 0.357. The predicted octanol–water partition coefficient (Wildman–Crippen LogP) is 3.94. The van der Waals surface area contributed by atoms with Crippen LogP contribution in [0.4, 0.5) is 5.82 Å². The zero-order valence-corrected chi connectivity index (χ0v) is 12.3. The van der Waals surface area contributed by atoms with Gasteiger partial charge in [-0.3, -0.25) is 0 Å². The van der Waals surface area contributed by atoms with E-state index in [0.717, 1.165) is 34.5 Å². The first-order valence-electron chi connectivity index (χ1n) is 6.16. The van der Waals surface area contributed by atoms with Crippen molar-refractivity contribution in [3.8, 4) is 11.3 Å². The molecule has 1 aromatic carbocycles. The number of rotatable bonds is 4. The summed E-state index contributed by atoms with van der Waals surface area (Å²) in [7, 11) is 0. The summed E-state index contributed by atoms with van der Waals surface area (Å²) in [5, 5.41) is 4.57. The van der Waals surface area contributed by atoms with Crippen molar-refractivity contribution in [1.29, 1.82) is 0 Å². The van der Waals surface area contributed by atoms with E-state index in [1.54, 1.807) is 0 Å². The molecule has 0 saturated carbocycles. The highest BCUT2D eigenvalue weighted by Crippen LogP contribution is 2.28. The van der Waals surface area contributed by atoms with Crippen LogP contribution in [0.15, 0.2) is 34.8 Å². The van der Waals surface area contributed by atoms with E-state index in [-0.39, 0.29) is 0 Å². The molecular weight excluding hydrogens is 290 g/mol.